The van der Waals surface area contributed by atoms with Crippen molar-refractivity contribution in [3.05, 3.63) is 0 Å². The van der Waals surface area contributed by atoms with Crippen LogP contribution in [0.4, 0.5) is 0 Å². The van der Waals surface area contributed by atoms with E-state index in [-0.39, 0.29) is 6.47 Å². The van der Waals surface area contributed by atoms with E-state index in [2.05, 4.69) is 3.39 Å². The fraction of sp³-hybridized carbons (Fsp3) is 0. The first-order chi connectivity index (χ1) is 2.41. The van der Waals surface area contributed by atoms with Crippen LogP contribution in [0.5, 0.6) is 0 Å². The van der Waals surface area contributed by atoms with Crippen molar-refractivity contribution in [2.75, 3.05) is 0 Å². The fourth-order valence-electron chi connectivity index (χ4n) is 0.0160. The van der Waals surface area contributed by atoms with E-state index >= 15 is 0 Å². The van der Waals surface area contributed by atoms with Gasteiger partial charge >= 0.3 is 37.0 Å². The van der Waals surface area contributed by atoms with Crippen LogP contribution in [0, 0.1) is 0 Å². The van der Waals surface area contributed by atoms with E-state index in [1.54, 1.807) is 0 Å². The van der Waals surface area contributed by atoms with Gasteiger partial charge in [0.05, 0.1) is 0 Å². The fourth-order valence-corrected chi connectivity index (χ4v) is 0.0949. The zero-order chi connectivity index (χ0) is 4.12. The molecule has 0 aromatic carbocycles. The minimum atomic E-state index is -1.64. The summed E-state index contributed by atoms with van der Waals surface area (Å²) in [6.45, 7) is 0.176. The Bertz CT molecular complexity index is 36.2. The van der Waals surface area contributed by atoms with Crippen molar-refractivity contribution in [2.45, 2.75) is 0 Å². The number of carbonyl (C=O) groups is 1. The van der Waals surface area contributed by atoms with Crippen LogP contribution in [0.1, 0.15) is 0 Å². The molecule has 0 amide bonds. The van der Waals surface area contributed by atoms with Crippen molar-refractivity contribution < 1.29 is 30.5 Å². The van der Waals surface area contributed by atoms with E-state index in [4.69, 9.17) is 4.79 Å². The second-order valence-corrected chi connectivity index (χ2v) is 1.07. The standard InChI is InChI=1S/CH2O2.Mo.O/c2-1-3;;/h1H,(H,2,3);;/q;+1;/p-1. The van der Waals surface area contributed by atoms with E-state index in [0.717, 1.165) is 0 Å². The molecular formula is CHMoO3. The molecule has 4 heteroatoms. The molecule has 0 aliphatic heterocycles. The van der Waals surface area contributed by atoms with Crippen LogP contribution in [-0.2, 0) is 30.5 Å². The molecule has 0 atom stereocenters. The van der Waals surface area contributed by atoms with E-state index in [1.165, 1.54) is 0 Å². The first-order valence-electron chi connectivity index (χ1n) is 0.805. The van der Waals surface area contributed by atoms with Crippen molar-refractivity contribution in [1.82, 2.24) is 0 Å². The van der Waals surface area contributed by atoms with Gasteiger partial charge < -0.3 is 0 Å². The Hall–Kier alpha value is -0.0417. The molecule has 0 rings (SSSR count). The van der Waals surface area contributed by atoms with Gasteiger partial charge in [-0.05, 0) is 0 Å². The molecule has 0 fully saturated rings. The summed E-state index contributed by atoms with van der Waals surface area (Å²) in [5, 5.41) is 0. The van der Waals surface area contributed by atoms with Gasteiger partial charge in [-0.25, -0.2) is 0 Å². The number of carbonyl (C=O) groups excluding carboxylic acids is 1. The van der Waals surface area contributed by atoms with Crippen LogP contribution >= 0.6 is 0 Å². The van der Waals surface area contributed by atoms with Crippen molar-refractivity contribution in [2.24, 2.45) is 0 Å². The molecule has 0 N–H and O–H groups in total. The molecule has 0 aliphatic carbocycles. The van der Waals surface area contributed by atoms with Gasteiger partial charge in [-0.2, -0.15) is 0 Å². The molecule has 5 heavy (non-hydrogen) atoms. The first-order valence-corrected chi connectivity index (χ1v) is 2.44. The Labute approximate surface area is 37.6 Å². The van der Waals surface area contributed by atoms with Crippen molar-refractivity contribution in [3.63, 3.8) is 0 Å². The van der Waals surface area contributed by atoms with Crippen LogP contribution in [0.25, 0.3) is 0 Å². The van der Waals surface area contributed by atoms with E-state index in [0.29, 0.717) is 0 Å². The third-order valence-corrected chi connectivity index (χ3v) is 0.465. The maximum atomic E-state index is 9.21. The third-order valence-electron chi connectivity index (χ3n) is 0.0786. The molecule has 3 nitrogen and oxygen atoms in total. The topological polar surface area (TPSA) is 43.4 Å². The summed E-state index contributed by atoms with van der Waals surface area (Å²) in [5.41, 5.74) is 0. The van der Waals surface area contributed by atoms with Gasteiger partial charge in [0.25, 0.3) is 0 Å². The summed E-state index contributed by atoms with van der Waals surface area (Å²) in [6, 6.07) is 0. The second kappa shape index (κ2) is 3.96. The van der Waals surface area contributed by atoms with Gasteiger partial charge in [-0.1, -0.05) is 0 Å². The van der Waals surface area contributed by atoms with E-state index in [9.17, 15) is 3.40 Å². The third kappa shape index (κ3) is 3.96. The summed E-state index contributed by atoms with van der Waals surface area (Å²) in [6.07, 6.45) is 0. The predicted octanol–water partition coefficient (Wildman–Crippen LogP) is -0.498. The molecular weight excluding hydrogens is 156 g/mol. The van der Waals surface area contributed by atoms with Crippen LogP contribution in [0.15, 0.2) is 0 Å². The van der Waals surface area contributed by atoms with Crippen molar-refractivity contribution in [3.8, 4) is 0 Å². The van der Waals surface area contributed by atoms with Gasteiger partial charge in [0.2, 0.25) is 0 Å². The Morgan fingerprint density at radius 1 is 1.80 bits per heavy atom. The summed E-state index contributed by atoms with van der Waals surface area (Å²) in [5.74, 6) is 0. The maximum absolute atomic E-state index is 9.21. The van der Waals surface area contributed by atoms with Crippen LogP contribution < -0.4 is 0 Å². The van der Waals surface area contributed by atoms with E-state index < -0.39 is 18.9 Å². The summed E-state index contributed by atoms with van der Waals surface area (Å²) >= 11 is -1.64. The molecule has 0 aliphatic rings. The number of rotatable bonds is 2. The quantitative estimate of drug-likeness (QED) is 0.401. The summed E-state index contributed by atoms with van der Waals surface area (Å²) in [4.78, 5) is 9.02. The zero-order valence-corrected chi connectivity index (χ0v) is 4.22. The molecule has 0 aromatic rings. The van der Waals surface area contributed by atoms with Gasteiger partial charge in [0, 0.05) is 0 Å². The van der Waals surface area contributed by atoms with Crippen molar-refractivity contribution in [1.29, 1.82) is 0 Å². The normalized spacial score (nSPS) is 5.60. The monoisotopic (exact) mass is 159 g/mol. The predicted molar refractivity (Wildman–Crippen MR) is 7.84 cm³/mol. The van der Waals surface area contributed by atoms with Gasteiger partial charge in [-0.3, -0.25) is 0 Å². The molecule has 0 unspecified atom stereocenters. The van der Waals surface area contributed by atoms with Crippen LogP contribution in [0.2, 0.25) is 0 Å². The van der Waals surface area contributed by atoms with Gasteiger partial charge in [-0.15, -0.1) is 0 Å². The Balaban J connectivity index is 2.65. The summed E-state index contributed by atoms with van der Waals surface area (Å²) in [7, 11) is 0. The molecule has 0 radical (unpaired) electrons. The molecule has 0 spiro atoms. The molecule has 0 saturated heterocycles. The molecule has 0 saturated carbocycles. The van der Waals surface area contributed by atoms with Crippen LogP contribution in [-0.4, -0.2) is 6.47 Å². The number of hydrogen-bond acceptors (Lipinski definition) is 3. The number of hydrogen-bond donors (Lipinski definition) is 0. The van der Waals surface area contributed by atoms with Crippen LogP contribution in [0.3, 0.4) is 0 Å². The average Bonchev–Trinajstić information content (AvgIpc) is 1.41. The average molecular weight is 157 g/mol. The molecule has 29 valence electrons. The van der Waals surface area contributed by atoms with E-state index in [1.807, 2.05) is 0 Å². The Morgan fingerprint density at radius 2 is 2.40 bits per heavy atom. The summed E-state index contributed by atoms with van der Waals surface area (Å²) < 4.78 is 12.9. The van der Waals surface area contributed by atoms with Gasteiger partial charge in [0.1, 0.15) is 0 Å². The zero-order valence-electron chi connectivity index (χ0n) is 2.21. The first kappa shape index (κ1) is 4.96. The van der Waals surface area contributed by atoms with Crippen molar-refractivity contribution >= 4 is 6.47 Å². The Morgan fingerprint density at radius 3 is 2.40 bits per heavy atom. The molecule has 0 bridgehead atoms. The minimum absolute atomic E-state index is 0.176. The molecule has 0 aromatic heterocycles. The van der Waals surface area contributed by atoms with Gasteiger partial charge in [0.15, 0.2) is 0 Å². The Kier molecular flexibility index (Phi) is 3.93. The SMILES string of the molecule is O=C[O][Mo]=[O]. The molecule has 0 heterocycles. The second-order valence-electron chi connectivity index (χ2n) is 0.260.